The van der Waals surface area contributed by atoms with E-state index in [9.17, 15) is 13.9 Å². The quantitative estimate of drug-likeness (QED) is 0.894. The molecule has 4 heteroatoms. The standard InChI is InChI=1S/C14H14F2OS/c1-8-6-9(2)18-14(8)12(17)7-10-4-3-5-11(15)13(10)16/h3-6,12,17H,7H2,1-2H3. The van der Waals surface area contributed by atoms with Gasteiger partial charge < -0.3 is 5.11 Å². The van der Waals surface area contributed by atoms with Crippen LogP contribution < -0.4 is 0 Å². The second kappa shape index (κ2) is 5.16. The van der Waals surface area contributed by atoms with E-state index in [1.807, 2.05) is 19.9 Å². The summed E-state index contributed by atoms with van der Waals surface area (Å²) in [6, 6.07) is 6.00. The molecule has 18 heavy (non-hydrogen) atoms. The SMILES string of the molecule is Cc1cc(C)c(C(O)Cc2cccc(F)c2F)s1. The highest BCUT2D eigenvalue weighted by Gasteiger charge is 2.17. The number of rotatable bonds is 3. The van der Waals surface area contributed by atoms with Gasteiger partial charge in [-0.2, -0.15) is 0 Å². The van der Waals surface area contributed by atoms with Gasteiger partial charge in [-0.05, 0) is 37.1 Å². The number of hydrogen-bond acceptors (Lipinski definition) is 2. The zero-order valence-corrected chi connectivity index (χ0v) is 11.0. The van der Waals surface area contributed by atoms with Crippen molar-refractivity contribution in [2.45, 2.75) is 26.4 Å². The Hall–Kier alpha value is -1.26. The molecule has 0 aliphatic heterocycles. The van der Waals surface area contributed by atoms with Crippen molar-refractivity contribution in [3.8, 4) is 0 Å². The van der Waals surface area contributed by atoms with Crippen molar-refractivity contribution < 1.29 is 13.9 Å². The molecule has 2 aromatic rings. The third-order valence-corrected chi connectivity index (χ3v) is 4.08. The number of aliphatic hydroxyl groups excluding tert-OH is 1. The van der Waals surface area contributed by atoms with Gasteiger partial charge in [0.1, 0.15) is 0 Å². The van der Waals surface area contributed by atoms with Crippen LogP contribution in [-0.4, -0.2) is 5.11 Å². The summed E-state index contributed by atoms with van der Waals surface area (Å²) >= 11 is 1.49. The van der Waals surface area contributed by atoms with Gasteiger partial charge in [0.15, 0.2) is 11.6 Å². The molecule has 0 saturated heterocycles. The van der Waals surface area contributed by atoms with E-state index in [-0.39, 0.29) is 12.0 Å². The van der Waals surface area contributed by atoms with Gasteiger partial charge in [-0.1, -0.05) is 12.1 Å². The number of aryl methyl sites for hydroxylation is 2. The molecule has 1 nitrogen and oxygen atoms in total. The van der Waals surface area contributed by atoms with E-state index in [2.05, 4.69) is 0 Å². The molecule has 1 heterocycles. The monoisotopic (exact) mass is 268 g/mol. The molecule has 0 aliphatic rings. The first-order valence-corrected chi connectivity index (χ1v) is 6.48. The lowest BCUT2D eigenvalue weighted by Gasteiger charge is -2.11. The van der Waals surface area contributed by atoms with Crippen molar-refractivity contribution in [1.82, 2.24) is 0 Å². The van der Waals surface area contributed by atoms with Crippen LogP contribution in [0.25, 0.3) is 0 Å². The minimum absolute atomic E-state index is 0.0877. The number of halogens is 2. The maximum atomic E-state index is 13.5. The Morgan fingerprint density at radius 2 is 2.00 bits per heavy atom. The first-order chi connectivity index (χ1) is 8.49. The molecule has 2 rings (SSSR count). The van der Waals surface area contributed by atoms with Gasteiger partial charge in [0.2, 0.25) is 0 Å². The highest BCUT2D eigenvalue weighted by Crippen LogP contribution is 2.30. The Bertz CT molecular complexity index is 563. The number of hydrogen-bond donors (Lipinski definition) is 1. The number of benzene rings is 1. The molecule has 0 amide bonds. The number of aliphatic hydroxyl groups is 1. The van der Waals surface area contributed by atoms with E-state index in [4.69, 9.17) is 0 Å². The summed E-state index contributed by atoms with van der Waals surface area (Å²) in [6.45, 7) is 3.86. The van der Waals surface area contributed by atoms with Crippen molar-refractivity contribution in [3.05, 3.63) is 56.8 Å². The van der Waals surface area contributed by atoms with Crippen molar-refractivity contribution in [3.63, 3.8) is 0 Å². The number of thiophene rings is 1. The Labute approximate surface area is 109 Å². The van der Waals surface area contributed by atoms with Gasteiger partial charge >= 0.3 is 0 Å². The Balaban J connectivity index is 2.24. The topological polar surface area (TPSA) is 20.2 Å². The predicted molar refractivity (Wildman–Crippen MR) is 68.8 cm³/mol. The molecule has 1 aromatic carbocycles. The lowest BCUT2D eigenvalue weighted by molar-refractivity contribution is 0.180. The fourth-order valence-corrected chi connectivity index (χ4v) is 3.02. The van der Waals surface area contributed by atoms with Crippen LogP contribution in [0, 0.1) is 25.5 Å². The summed E-state index contributed by atoms with van der Waals surface area (Å²) in [5.41, 5.74) is 1.19. The molecule has 1 atom stereocenters. The molecule has 0 fully saturated rings. The lowest BCUT2D eigenvalue weighted by atomic mass is 10.0. The summed E-state index contributed by atoms with van der Waals surface area (Å²) in [6.07, 6.45) is -0.704. The van der Waals surface area contributed by atoms with Gasteiger partial charge in [0.05, 0.1) is 6.10 Å². The Kier molecular flexibility index (Phi) is 3.78. The van der Waals surface area contributed by atoms with Gasteiger partial charge in [0.25, 0.3) is 0 Å². The van der Waals surface area contributed by atoms with E-state index < -0.39 is 17.7 Å². The van der Waals surface area contributed by atoms with Crippen molar-refractivity contribution in [2.24, 2.45) is 0 Å². The average Bonchev–Trinajstić information content (AvgIpc) is 2.64. The predicted octanol–water partition coefficient (Wildman–Crippen LogP) is 3.92. The molecular formula is C14H14F2OS. The normalized spacial score (nSPS) is 12.7. The highest BCUT2D eigenvalue weighted by molar-refractivity contribution is 7.12. The van der Waals surface area contributed by atoms with Crippen LogP contribution in [-0.2, 0) is 6.42 Å². The van der Waals surface area contributed by atoms with Crippen LogP contribution in [0.5, 0.6) is 0 Å². The Morgan fingerprint density at radius 3 is 2.61 bits per heavy atom. The molecule has 0 aliphatic carbocycles. The maximum Gasteiger partial charge on any atom is 0.162 e. The van der Waals surface area contributed by atoms with Gasteiger partial charge in [0, 0.05) is 16.2 Å². The second-order valence-corrected chi connectivity index (χ2v) is 5.63. The summed E-state index contributed by atoms with van der Waals surface area (Å²) in [4.78, 5) is 1.91. The molecule has 1 N–H and O–H groups in total. The van der Waals surface area contributed by atoms with E-state index >= 15 is 0 Å². The van der Waals surface area contributed by atoms with Crippen LogP contribution in [0.4, 0.5) is 8.78 Å². The fourth-order valence-electron chi connectivity index (χ4n) is 2.00. The van der Waals surface area contributed by atoms with Crippen LogP contribution in [0.2, 0.25) is 0 Å². The summed E-state index contributed by atoms with van der Waals surface area (Å²) in [5.74, 6) is -1.75. The largest absolute Gasteiger partial charge is 0.387 e. The van der Waals surface area contributed by atoms with Gasteiger partial charge in [-0.15, -0.1) is 11.3 Å². The average molecular weight is 268 g/mol. The van der Waals surface area contributed by atoms with Gasteiger partial charge in [-0.3, -0.25) is 0 Å². The first kappa shape index (κ1) is 13.2. The van der Waals surface area contributed by atoms with Crippen molar-refractivity contribution >= 4 is 11.3 Å². The summed E-state index contributed by atoms with van der Waals surface area (Å²) in [5, 5.41) is 10.1. The minimum atomic E-state index is -0.876. The molecule has 0 radical (unpaired) electrons. The van der Waals surface area contributed by atoms with E-state index in [0.717, 1.165) is 21.4 Å². The summed E-state index contributed by atoms with van der Waals surface area (Å²) in [7, 11) is 0. The third-order valence-electron chi connectivity index (χ3n) is 2.83. The Morgan fingerprint density at radius 1 is 1.28 bits per heavy atom. The third kappa shape index (κ3) is 2.60. The van der Waals surface area contributed by atoms with Crippen LogP contribution in [0.3, 0.4) is 0 Å². The van der Waals surface area contributed by atoms with Gasteiger partial charge in [-0.25, -0.2) is 8.78 Å². The fraction of sp³-hybridized carbons (Fsp3) is 0.286. The summed E-state index contributed by atoms with van der Waals surface area (Å²) < 4.78 is 26.6. The molecule has 1 unspecified atom stereocenters. The van der Waals surface area contributed by atoms with Crippen molar-refractivity contribution in [2.75, 3.05) is 0 Å². The molecular weight excluding hydrogens is 254 g/mol. The zero-order chi connectivity index (χ0) is 13.3. The lowest BCUT2D eigenvalue weighted by Crippen LogP contribution is -2.04. The zero-order valence-electron chi connectivity index (χ0n) is 10.2. The highest BCUT2D eigenvalue weighted by atomic mass is 32.1. The molecule has 0 bridgehead atoms. The van der Waals surface area contributed by atoms with Crippen molar-refractivity contribution in [1.29, 1.82) is 0 Å². The van der Waals surface area contributed by atoms with E-state index in [0.29, 0.717) is 0 Å². The van der Waals surface area contributed by atoms with Crippen LogP contribution in [0.15, 0.2) is 24.3 Å². The smallest absolute Gasteiger partial charge is 0.162 e. The minimum Gasteiger partial charge on any atom is -0.387 e. The second-order valence-electron chi connectivity index (χ2n) is 4.34. The molecule has 0 saturated carbocycles. The van der Waals surface area contributed by atoms with E-state index in [1.54, 1.807) is 0 Å². The molecule has 0 spiro atoms. The van der Waals surface area contributed by atoms with Crippen LogP contribution in [0.1, 0.15) is 27.0 Å². The van der Waals surface area contributed by atoms with Crippen LogP contribution >= 0.6 is 11.3 Å². The maximum absolute atomic E-state index is 13.5. The molecule has 96 valence electrons. The van der Waals surface area contributed by atoms with E-state index in [1.165, 1.54) is 23.5 Å². The first-order valence-electron chi connectivity index (χ1n) is 5.67. The molecule has 1 aromatic heterocycles.